The van der Waals surface area contributed by atoms with Gasteiger partial charge in [0.1, 0.15) is 17.3 Å². The zero-order valence-corrected chi connectivity index (χ0v) is 16.4. The number of nitrogens with zero attached hydrogens (tertiary/aromatic N) is 4. The van der Waals surface area contributed by atoms with Crippen molar-refractivity contribution in [3.63, 3.8) is 0 Å². The molecule has 5 rings (SSSR count). The molecule has 0 aliphatic heterocycles. The summed E-state index contributed by atoms with van der Waals surface area (Å²) in [6, 6.07) is 19.5. The first-order valence-electron chi connectivity index (χ1n) is 9.71. The Morgan fingerprint density at radius 3 is 2.63 bits per heavy atom. The predicted octanol–water partition coefficient (Wildman–Crippen LogP) is 5.52. The molecule has 1 atom stereocenters. The molecule has 4 aromatic heterocycles. The Bertz CT molecular complexity index is 1230. The first kappa shape index (κ1) is 18.0. The lowest BCUT2D eigenvalue weighted by molar-refractivity contribution is 0.496. The van der Waals surface area contributed by atoms with E-state index >= 15 is 0 Å². The number of rotatable bonds is 5. The van der Waals surface area contributed by atoms with Crippen LogP contribution in [0.2, 0.25) is 0 Å². The van der Waals surface area contributed by atoms with Crippen molar-refractivity contribution in [3.05, 3.63) is 91.3 Å². The maximum absolute atomic E-state index is 5.85. The van der Waals surface area contributed by atoms with E-state index in [1.165, 1.54) is 0 Å². The van der Waals surface area contributed by atoms with Gasteiger partial charge < -0.3 is 9.73 Å². The molecule has 6 nitrogen and oxygen atoms in total. The van der Waals surface area contributed by atoms with Crippen LogP contribution in [0, 0.1) is 0 Å². The molecule has 1 aromatic carbocycles. The van der Waals surface area contributed by atoms with Crippen LogP contribution in [0.3, 0.4) is 0 Å². The number of hydrogen-bond acceptors (Lipinski definition) is 6. The second-order valence-corrected chi connectivity index (χ2v) is 6.97. The van der Waals surface area contributed by atoms with E-state index in [9.17, 15) is 0 Å². The van der Waals surface area contributed by atoms with Crippen molar-refractivity contribution in [3.8, 4) is 22.8 Å². The molecule has 0 amide bonds. The topological polar surface area (TPSA) is 76.7 Å². The lowest BCUT2D eigenvalue weighted by Gasteiger charge is -2.15. The molecule has 4 heterocycles. The summed E-state index contributed by atoms with van der Waals surface area (Å²) in [5.74, 6) is 2.11. The van der Waals surface area contributed by atoms with Crippen LogP contribution >= 0.6 is 0 Å². The smallest absolute Gasteiger partial charge is 0.180 e. The highest BCUT2D eigenvalue weighted by molar-refractivity contribution is 5.84. The molecule has 0 radical (unpaired) electrons. The highest BCUT2D eigenvalue weighted by atomic mass is 16.3. The molecule has 0 fully saturated rings. The van der Waals surface area contributed by atoms with E-state index in [0.717, 1.165) is 27.8 Å². The number of aromatic nitrogens is 4. The predicted molar refractivity (Wildman–Crippen MR) is 117 cm³/mol. The highest BCUT2D eigenvalue weighted by Crippen LogP contribution is 2.30. The van der Waals surface area contributed by atoms with Gasteiger partial charge in [-0.1, -0.05) is 30.3 Å². The van der Waals surface area contributed by atoms with E-state index < -0.39 is 0 Å². The lowest BCUT2D eigenvalue weighted by Crippen LogP contribution is -2.09. The van der Waals surface area contributed by atoms with Crippen LogP contribution in [0.15, 0.2) is 89.9 Å². The third kappa shape index (κ3) is 3.51. The molecule has 1 N–H and O–H groups in total. The van der Waals surface area contributed by atoms with Gasteiger partial charge in [0, 0.05) is 41.0 Å². The van der Waals surface area contributed by atoms with Crippen molar-refractivity contribution in [2.75, 3.05) is 5.32 Å². The van der Waals surface area contributed by atoms with Crippen LogP contribution in [0.5, 0.6) is 0 Å². The molecule has 0 spiro atoms. The Morgan fingerprint density at radius 2 is 1.80 bits per heavy atom. The number of hydrogen-bond donors (Lipinski definition) is 1. The Hall–Kier alpha value is -4.06. The number of anilines is 1. The summed E-state index contributed by atoms with van der Waals surface area (Å²) < 4.78 is 5.85. The van der Waals surface area contributed by atoms with E-state index in [1.807, 2.05) is 54.6 Å². The van der Waals surface area contributed by atoms with Gasteiger partial charge in [0.05, 0.1) is 18.0 Å². The van der Waals surface area contributed by atoms with Crippen LogP contribution in [-0.2, 0) is 0 Å². The molecular weight excluding hydrogens is 374 g/mol. The maximum Gasteiger partial charge on any atom is 0.180 e. The number of pyridine rings is 2. The zero-order valence-electron chi connectivity index (χ0n) is 16.4. The van der Waals surface area contributed by atoms with Gasteiger partial charge in [0.25, 0.3) is 0 Å². The fraction of sp³-hybridized carbons (Fsp3) is 0.0833. The second-order valence-electron chi connectivity index (χ2n) is 6.97. The molecule has 0 saturated carbocycles. The van der Waals surface area contributed by atoms with Crippen molar-refractivity contribution < 1.29 is 4.42 Å². The van der Waals surface area contributed by atoms with Gasteiger partial charge in [-0.2, -0.15) is 0 Å². The summed E-state index contributed by atoms with van der Waals surface area (Å²) >= 11 is 0. The fourth-order valence-electron chi connectivity index (χ4n) is 3.43. The van der Waals surface area contributed by atoms with Gasteiger partial charge in [0.15, 0.2) is 5.82 Å². The fourth-order valence-corrected chi connectivity index (χ4v) is 3.43. The van der Waals surface area contributed by atoms with Crippen molar-refractivity contribution in [1.29, 1.82) is 0 Å². The SMILES string of the molecule is CC(Nc1cc(-c2cccnc2)nc(-c2ccccn2)n1)c1occ2ccccc12. The van der Waals surface area contributed by atoms with E-state index in [2.05, 4.69) is 28.3 Å². The third-order valence-electron chi connectivity index (χ3n) is 4.87. The average Bonchev–Trinajstić information content (AvgIpc) is 3.24. The molecule has 6 heteroatoms. The van der Waals surface area contributed by atoms with Crippen LogP contribution in [0.4, 0.5) is 5.82 Å². The largest absolute Gasteiger partial charge is 0.466 e. The standard InChI is InChI=1S/C24H19N5O/c1-16(23-19-9-3-2-7-18(19)15-30-23)27-22-13-21(17-8-6-11-25-14-17)28-24(29-22)20-10-4-5-12-26-20/h2-16H,1H3,(H,27,28,29). The van der Waals surface area contributed by atoms with Gasteiger partial charge in [-0.05, 0) is 31.2 Å². The van der Waals surface area contributed by atoms with Crippen LogP contribution in [0.1, 0.15) is 18.7 Å². The lowest BCUT2D eigenvalue weighted by atomic mass is 10.1. The molecule has 0 aliphatic rings. The van der Waals surface area contributed by atoms with Crippen molar-refractivity contribution >= 4 is 16.6 Å². The first-order valence-corrected chi connectivity index (χ1v) is 9.71. The van der Waals surface area contributed by atoms with E-state index in [-0.39, 0.29) is 6.04 Å². The monoisotopic (exact) mass is 393 g/mol. The van der Waals surface area contributed by atoms with Crippen molar-refractivity contribution in [2.24, 2.45) is 0 Å². The number of benzene rings is 1. The molecular formula is C24H19N5O. The van der Waals surface area contributed by atoms with Crippen LogP contribution in [0.25, 0.3) is 33.5 Å². The number of nitrogens with one attached hydrogen (secondary N) is 1. The van der Waals surface area contributed by atoms with Gasteiger partial charge in [-0.15, -0.1) is 0 Å². The Labute approximate surface area is 173 Å². The van der Waals surface area contributed by atoms with Gasteiger partial charge in [-0.25, -0.2) is 9.97 Å². The summed E-state index contributed by atoms with van der Waals surface area (Å²) in [5, 5.41) is 5.63. The van der Waals surface area contributed by atoms with Crippen molar-refractivity contribution in [2.45, 2.75) is 13.0 Å². The molecule has 1 unspecified atom stereocenters. The Balaban J connectivity index is 1.55. The Kier molecular flexibility index (Phi) is 4.65. The highest BCUT2D eigenvalue weighted by Gasteiger charge is 2.16. The van der Waals surface area contributed by atoms with E-state index in [4.69, 9.17) is 14.4 Å². The normalized spacial score (nSPS) is 12.0. The summed E-state index contributed by atoms with van der Waals surface area (Å²) in [6.07, 6.45) is 7.05. The minimum atomic E-state index is -0.0851. The second kappa shape index (κ2) is 7.75. The average molecular weight is 393 g/mol. The molecule has 146 valence electrons. The van der Waals surface area contributed by atoms with E-state index in [0.29, 0.717) is 17.3 Å². The minimum absolute atomic E-state index is 0.0851. The molecule has 0 saturated heterocycles. The maximum atomic E-state index is 5.85. The molecule has 0 bridgehead atoms. The summed E-state index contributed by atoms with van der Waals surface area (Å²) in [6.45, 7) is 2.05. The van der Waals surface area contributed by atoms with Gasteiger partial charge >= 0.3 is 0 Å². The number of furan rings is 1. The quantitative estimate of drug-likeness (QED) is 0.424. The summed E-state index contributed by atoms with van der Waals surface area (Å²) in [7, 11) is 0. The minimum Gasteiger partial charge on any atom is -0.466 e. The van der Waals surface area contributed by atoms with Crippen molar-refractivity contribution in [1.82, 2.24) is 19.9 Å². The van der Waals surface area contributed by atoms with Gasteiger partial charge in [-0.3, -0.25) is 9.97 Å². The molecule has 5 aromatic rings. The van der Waals surface area contributed by atoms with Crippen LogP contribution in [-0.4, -0.2) is 19.9 Å². The van der Waals surface area contributed by atoms with Crippen LogP contribution < -0.4 is 5.32 Å². The summed E-state index contributed by atoms with van der Waals surface area (Å²) in [5.41, 5.74) is 2.40. The molecule has 0 aliphatic carbocycles. The zero-order chi connectivity index (χ0) is 20.3. The van der Waals surface area contributed by atoms with E-state index in [1.54, 1.807) is 24.9 Å². The number of fused-ring (bicyclic) bond motifs is 1. The Morgan fingerprint density at radius 1 is 0.900 bits per heavy atom. The molecule has 30 heavy (non-hydrogen) atoms. The first-order chi connectivity index (χ1) is 14.8. The summed E-state index contributed by atoms with van der Waals surface area (Å²) in [4.78, 5) is 18.1. The van der Waals surface area contributed by atoms with Gasteiger partial charge in [0.2, 0.25) is 0 Å². The third-order valence-corrected chi connectivity index (χ3v) is 4.87.